The summed E-state index contributed by atoms with van der Waals surface area (Å²) in [5.41, 5.74) is 0.558. The molecule has 0 unspecified atom stereocenters. The van der Waals surface area contributed by atoms with Crippen molar-refractivity contribution >= 4 is 34.6 Å². The molecule has 1 aromatic heterocycles. The maximum Gasteiger partial charge on any atom is 0.340 e. The lowest BCUT2D eigenvalue weighted by Gasteiger charge is -2.07. The van der Waals surface area contributed by atoms with E-state index >= 15 is 0 Å². The summed E-state index contributed by atoms with van der Waals surface area (Å²) in [7, 11) is 1.22. The van der Waals surface area contributed by atoms with Crippen LogP contribution in [0.15, 0.2) is 30.3 Å². The molecule has 0 spiro atoms. The highest BCUT2D eigenvalue weighted by molar-refractivity contribution is 7.16. The molecule has 100 valence electrons. The molecular weight excluding hydrogens is 289 g/mol. The summed E-state index contributed by atoms with van der Waals surface area (Å²) >= 11 is 7.29. The van der Waals surface area contributed by atoms with Crippen molar-refractivity contribution < 1.29 is 13.9 Å². The third-order valence-corrected chi connectivity index (χ3v) is 3.70. The Labute approximate surface area is 119 Å². The third kappa shape index (κ3) is 3.45. The van der Waals surface area contributed by atoms with E-state index in [9.17, 15) is 9.18 Å². The second-order valence-corrected chi connectivity index (χ2v) is 5.55. The van der Waals surface area contributed by atoms with Gasteiger partial charge in [-0.25, -0.2) is 9.18 Å². The van der Waals surface area contributed by atoms with E-state index in [-0.39, 0.29) is 5.56 Å². The van der Waals surface area contributed by atoms with Crippen LogP contribution in [0.25, 0.3) is 0 Å². The molecule has 0 saturated carbocycles. The SMILES string of the molecule is COC(=O)c1cc(NCc2ccc(Cl)s2)ccc1F. The minimum absolute atomic E-state index is 0.0864. The van der Waals surface area contributed by atoms with E-state index in [1.165, 1.54) is 30.6 Å². The quantitative estimate of drug-likeness (QED) is 0.869. The molecule has 0 fully saturated rings. The van der Waals surface area contributed by atoms with Gasteiger partial charge in [0.05, 0.1) is 17.0 Å². The summed E-state index contributed by atoms with van der Waals surface area (Å²) in [6.45, 7) is 0.559. The number of ether oxygens (including phenoxy) is 1. The zero-order valence-electron chi connectivity index (χ0n) is 10.1. The highest BCUT2D eigenvalue weighted by Crippen LogP contribution is 2.23. The fraction of sp³-hybridized carbons (Fsp3) is 0.154. The monoisotopic (exact) mass is 299 g/mol. The maximum absolute atomic E-state index is 13.4. The zero-order chi connectivity index (χ0) is 13.8. The lowest BCUT2D eigenvalue weighted by atomic mass is 10.2. The number of halogens is 2. The first-order valence-corrected chi connectivity index (χ1v) is 6.65. The maximum atomic E-state index is 13.4. The first kappa shape index (κ1) is 13.8. The molecule has 6 heteroatoms. The van der Waals surface area contributed by atoms with E-state index in [1.807, 2.05) is 12.1 Å². The molecule has 19 heavy (non-hydrogen) atoms. The Balaban J connectivity index is 2.10. The molecule has 0 bridgehead atoms. The lowest BCUT2D eigenvalue weighted by Crippen LogP contribution is -2.06. The lowest BCUT2D eigenvalue weighted by molar-refractivity contribution is 0.0595. The number of methoxy groups -OCH3 is 1. The van der Waals surface area contributed by atoms with Gasteiger partial charge in [-0.2, -0.15) is 0 Å². The summed E-state index contributed by atoms with van der Waals surface area (Å²) in [6.07, 6.45) is 0. The van der Waals surface area contributed by atoms with Crippen LogP contribution in [0.5, 0.6) is 0 Å². The number of nitrogens with one attached hydrogen (secondary N) is 1. The van der Waals surface area contributed by atoms with Crippen LogP contribution in [0.3, 0.4) is 0 Å². The predicted molar refractivity (Wildman–Crippen MR) is 74.4 cm³/mol. The van der Waals surface area contributed by atoms with Crippen LogP contribution in [-0.2, 0) is 11.3 Å². The molecule has 2 rings (SSSR count). The van der Waals surface area contributed by atoms with E-state index in [0.717, 1.165) is 4.88 Å². The molecule has 0 radical (unpaired) electrons. The molecule has 0 aliphatic rings. The standard InChI is InChI=1S/C13H11ClFNO2S/c1-18-13(17)10-6-8(2-4-11(10)15)16-7-9-3-5-12(14)19-9/h2-6,16H,7H2,1H3. The Morgan fingerprint density at radius 3 is 2.84 bits per heavy atom. The van der Waals surface area contributed by atoms with Crippen molar-refractivity contribution in [1.82, 2.24) is 0 Å². The van der Waals surface area contributed by atoms with Gasteiger partial charge in [0.2, 0.25) is 0 Å². The molecule has 3 nitrogen and oxygen atoms in total. The van der Waals surface area contributed by atoms with Gasteiger partial charge in [0, 0.05) is 17.1 Å². The van der Waals surface area contributed by atoms with Crippen LogP contribution in [-0.4, -0.2) is 13.1 Å². The number of benzene rings is 1. The molecule has 0 amide bonds. The van der Waals surface area contributed by atoms with Crippen LogP contribution in [0.4, 0.5) is 10.1 Å². The molecule has 1 heterocycles. The number of rotatable bonds is 4. The average molecular weight is 300 g/mol. The van der Waals surface area contributed by atoms with Gasteiger partial charge in [-0.3, -0.25) is 0 Å². The van der Waals surface area contributed by atoms with Gasteiger partial charge in [0.1, 0.15) is 5.82 Å². The van der Waals surface area contributed by atoms with Gasteiger partial charge in [-0.15, -0.1) is 11.3 Å². The Kier molecular flexibility index (Phi) is 4.39. The van der Waals surface area contributed by atoms with Crippen LogP contribution >= 0.6 is 22.9 Å². The molecular formula is C13H11ClFNO2S. The van der Waals surface area contributed by atoms with Crippen LogP contribution in [0.2, 0.25) is 4.34 Å². The van der Waals surface area contributed by atoms with E-state index in [1.54, 1.807) is 6.07 Å². The molecule has 2 aromatic rings. The van der Waals surface area contributed by atoms with Crippen molar-refractivity contribution in [2.45, 2.75) is 6.54 Å². The first-order valence-electron chi connectivity index (χ1n) is 5.46. The number of carbonyl (C=O) groups excluding carboxylic acids is 1. The summed E-state index contributed by atoms with van der Waals surface area (Å²) in [4.78, 5) is 12.4. The second-order valence-electron chi connectivity index (χ2n) is 3.75. The Bertz CT molecular complexity index is 600. The van der Waals surface area contributed by atoms with Gasteiger partial charge < -0.3 is 10.1 Å². The number of hydrogen-bond acceptors (Lipinski definition) is 4. The zero-order valence-corrected chi connectivity index (χ0v) is 11.6. The van der Waals surface area contributed by atoms with Crippen LogP contribution in [0, 0.1) is 5.82 Å². The van der Waals surface area contributed by atoms with Gasteiger partial charge >= 0.3 is 5.97 Å². The van der Waals surface area contributed by atoms with Crippen molar-refractivity contribution in [2.75, 3.05) is 12.4 Å². The van der Waals surface area contributed by atoms with Crippen molar-refractivity contribution in [3.8, 4) is 0 Å². The first-order chi connectivity index (χ1) is 9.10. The van der Waals surface area contributed by atoms with E-state index in [4.69, 9.17) is 11.6 Å². The Morgan fingerprint density at radius 1 is 1.42 bits per heavy atom. The predicted octanol–water partition coefficient (Wildman–Crippen LogP) is 3.94. The number of esters is 1. The van der Waals surface area contributed by atoms with E-state index in [2.05, 4.69) is 10.1 Å². The average Bonchev–Trinajstić information content (AvgIpc) is 2.83. The minimum Gasteiger partial charge on any atom is -0.465 e. The third-order valence-electron chi connectivity index (χ3n) is 2.47. The van der Waals surface area contributed by atoms with Crippen LogP contribution in [0.1, 0.15) is 15.2 Å². The van der Waals surface area contributed by atoms with Gasteiger partial charge in [0.15, 0.2) is 0 Å². The number of carbonyl (C=O) groups is 1. The van der Waals surface area contributed by atoms with E-state index < -0.39 is 11.8 Å². The number of anilines is 1. The minimum atomic E-state index is -0.694. The Hall–Kier alpha value is -1.59. The molecule has 0 saturated heterocycles. The van der Waals surface area contributed by atoms with Crippen LogP contribution < -0.4 is 5.32 Å². The van der Waals surface area contributed by atoms with Crippen molar-refractivity contribution in [1.29, 1.82) is 0 Å². The Morgan fingerprint density at radius 2 is 2.21 bits per heavy atom. The summed E-state index contributed by atoms with van der Waals surface area (Å²) in [5.74, 6) is -1.29. The molecule has 0 aliphatic heterocycles. The molecule has 0 aliphatic carbocycles. The topological polar surface area (TPSA) is 38.3 Å². The second kappa shape index (κ2) is 6.04. The van der Waals surface area contributed by atoms with E-state index in [0.29, 0.717) is 16.6 Å². The molecule has 0 atom stereocenters. The summed E-state index contributed by atoms with van der Waals surface area (Å²) < 4.78 is 18.7. The molecule has 1 aromatic carbocycles. The van der Waals surface area contributed by atoms with Crippen molar-refractivity contribution in [3.05, 3.63) is 50.9 Å². The highest BCUT2D eigenvalue weighted by atomic mass is 35.5. The van der Waals surface area contributed by atoms with Gasteiger partial charge in [-0.05, 0) is 30.3 Å². The largest absolute Gasteiger partial charge is 0.465 e. The summed E-state index contributed by atoms with van der Waals surface area (Å²) in [6, 6.07) is 7.95. The number of thiophene rings is 1. The van der Waals surface area contributed by atoms with Crippen molar-refractivity contribution in [2.24, 2.45) is 0 Å². The molecule has 1 N–H and O–H groups in total. The normalized spacial score (nSPS) is 10.3. The fourth-order valence-electron chi connectivity index (χ4n) is 1.54. The van der Waals surface area contributed by atoms with Gasteiger partial charge in [0.25, 0.3) is 0 Å². The van der Waals surface area contributed by atoms with Gasteiger partial charge in [-0.1, -0.05) is 11.6 Å². The summed E-state index contributed by atoms with van der Waals surface area (Å²) in [5, 5.41) is 3.10. The smallest absolute Gasteiger partial charge is 0.340 e. The van der Waals surface area contributed by atoms with Crippen molar-refractivity contribution in [3.63, 3.8) is 0 Å². The number of hydrogen-bond donors (Lipinski definition) is 1. The highest BCUT2D eigenvalue weighted by Gasteiger charge is 2.12. The fourth-order valence-corrected chi connectivity index (χ4v) is 2.56.